The second-order valence-electron chi connectivity index (χ2n) is 7.72. The van der Waals surface area contributed by atoms with Crippen LogP contribution in [0.1, 0.15) is 39.9 Å². The van der Waals surface area contributed by atoms with Crippen molar-refractivity contribution in [2.45, 2.75) is 25.6 Å². The summed E-state index contributed by atoms with van der Waals surface area (Å²) in [7, 11) is 0. The molecule has 1 atom stereocenters. The highest BCUT2D eigenvalue weighted by molar-refractivity contribution is 6.08. The number of amides is 2. The van der Waals surface area contributed by atoms with E-state index >= 15 is 0 Å². The van der Waals surface area contributed by atoms with E-state index in [-0.39, 0.29) is 23.7 Å². The number of nitrogens with two attached hydrogens (primary N) is 1. The fourth-order valence-electron chi connectivity index (χ4n) is 4.00. The lowest BCUT2D eigenvalue weighted by Gasteiger charge is -2.32. The van der Waals surface area contributed by atoms with E-state index in [0.29, 0.717) is 24.2 Å². The molecule has 1 aliphatic heterocycles. The average Bonchev–Trinajstić information content (AvgIpc) is 3.15. The van der Waals surface area contributed by atoms with E-state index in [1.807, 2.05) is 17.9 Å². The van der Waals surface area contributed by atoms with Crippen LogP contribution in [-0.2, 0) is 17.5 Å². The number of rotatable bonds is 4. The molecule has 4 N–H and O–H groups in total. The summed E-state index contributed by atoms with van der Waals surface area (Å²) >= 11 is 0. The molecule has 2 heterocycles. The highest BCUT2D eigenvalue weighted by atomic mass is 19.4. The van der Waals surface area contributed by atoms with Crippen LogP contribution in [0.25, 0.3) is 11.0 Å². The zero-order valence-electron chi connectivity index (χ0n) is 16.6. The molecule has 0 bridgehead atoms. The van der Waals surface area contributed by atoms with E-state index in [2.05, 4.69) is 15.3 Å². The maximum atomic E-state index is 13.2. The zero-order valence-corrected chi connectivity index (χ0v) is 16.6. The monoisotopic (exact) mass is 431 g/mol. The smallest absolute Gasteiger partial charge is 0.369 e. The van der Waals surface area contributed by atoms with Gasteiger partial charge in [-0.05, 0) is 41.3 Å². The molecule has 1 aliphatic rings. The SMILES string of the molecule is CC1CN(CC(N)=O)Cc2cc(C(=O)Nc3cc(C(F)(F)F)cc4nc[nH]c34)ccc21. The first-order valence-corrected chi connectivity index (χ1v) is 9.61. The molecule has 4 rings (SSSR count). The van der Waals surface area contributed by atoms with Gasteiger partial charge < -0.3 is 16.0 Å². The fourth-order valence-corrected chi connectivity index (χ4v) is 4.00. The van der Waals surface area contributed by atoms with Gasteiger partial charge in [-0.2, -0.15) is 13.2 Å². The van der Waals surface area contributed by atoms with Crippen molar-refractivity contribution in [3.8, 4) is 0 Å². The Kier molecular flexibility index (Phi) is 5.18. The molecule has 0 saturated carbocycles. The van der Waals surface area contributed by atoms with Gasteiger partial charge in [-0.3, -0.25) is 14.5 Å². The minimum absolute atomic E-state index is 0.00577. The van der Waals surface area contributed by atoms with Crippen molar-refractivity contribution in [3.05, 3.63) is 58.9 Å². The van der Waals surface area contributed by atoms with Gasteiger partial charge in [0.1, 0.15) is 0 Å². The van der Waals surface area contributed by atoms with Crippen LogP contribution in [0.5, 0.6) is 0 Å². The number of halogens is 3. The number of fused-ring (bicyclic) bond motifs is 2. The predicted octanol–water partition coefficient (Wildman–Crippen LogP) is 3.24. The van der Waals surface area contributed by atoms with Gasteiger partial charge in [0.2, 0.25) is 5.91 Å². The van der Waals surface area contributed by atoms with Gasteiger partial charge in [0.15, 0.2) is 0 Å². The van der Waals surface area contributed by atoms with E-state index in [0.717, 1.165) is 23.3 Å². The summed E-state index contributed by atoms with van der Waals surface area (Å²) in [6.07, 6.45) is -3.30. The summed E-state index contributed by atoms with van der Waals surface area (Å²) in [5, 5.41) is 2.56. The average molecular weight is 431 g/mol. The maximum absolute atomic E-state index is 13.2. The first kappa shape index (κ1) is 20.9. The number of H-pyrrole nitrogens is 1. The molecule has 1 unspecified atom stereocenters. The minimum Gasteiger partial charge on any atom is -0.369 e. The van der Waals surface area contributed by atoms with Crippen LogP contribution in [0, 0.1) is 0 Å². The fraction of sp³-hybridized carbons (Fsp3) is 0.286. The number of carbonyl (C=O) groups is 2. The lowest BCUT2D eigenvalue weighted by atomic mass is 9.89. The van der Waals surface area contributed by atoms with E-state index in [1.54, 1.807) is 12.1 Å². The first-order chi connectivity index (χ1) is 14.6. The van der Waals surface area contributed by atoms with Crippen LogP contribution in [-0.4, -0.2) is 39.8 Å². The van der Waals surface area contributed by atoms with Crippen LogP contribution in [0.4, 0.5) is 18.9 Å². The molecule has 2 amide bonds. The summed E-state index contributed by atoms with van der Waals surface area (Å²) < 4.78 is 39.7. The molecule has 0 spiro atoms. The van der Waals surface area contributed by atoms with Crippen molar-refractivity contribution in [2.75, 3.05) is 18.4 Å². The number of benzene rings is 2. The number of imidazole rings is 1. The summed E-state index contributed by atoms with van der Waals surface area (Å²) in [5.41, 5.74) is 7.05. The van der Waals surface area contributed by atoms with Gasteiger partial charge in [-0.15, -0.1) is 0 Å². The molecule has 7 nitrogen and oxygen atoms in total. The molecule has 0 fully saturated rings. The van der Waals surface area contributed by atoms with Gasteiger partial charge in [-0.1, -0.05) is 13.0 Å². The lowest BCUT2D eigenvalue weighted by molar-refractivity contribution is -0.137. The van der Waals surface area contributed by atoms with Crippen LogP contribution in [0.3, 0.4) is 0 Å². The van der Waals surface area contributed by atoms with Gasteiger partial charge in [0, 0.05) is 18.7 Å². The Bertz CT molecular complexity index is 1170. The van der Waals surface area contributed by atoms with E-state index in [1.165, 1.54) is 6.33 Å². The van der Waals surface area contributed by atoms with Crippen molar-refractivity contribution in [2.24, 2.45) is 5.73 Å². The number of hydrogen-bond acceptors (Lipinski definition) is 4. The number of nitrogens with one attached hydrogen (secondary N) is 2. The van der Waals surface area contributed by atoms with Crippen molar-refractivity contribution < 1.29 is 22.8 Å². The molecule has 31 heavy (non-hydrogen) atoms. The second-order valence-corrected chi connectivity index (χ2v) is 7.72. The Morgan fingerprint density at radius 3 is 2.77 bits per heavy atom. The van der Waals surface area contributed by atoms with Crippen LogP contribution >= 0.6 is 0 Å². The molecule has 1 aromatic heterocycles. The zero-order chi connectivity index (χ0) is 22.3. The minimum atomic E-state index is -4.57. The third-order valence-corrected chi connectivity index (χ3v) is 5.35. The van der Waals surface area contributed by atoms with Crippen molar-refractivity contribution >= 4 is 28.5 Å². The molecular formula is C21H20F3N5O2. The highest BCUT2D eigenvalue weighted by Crippen LogP contribution is 2.35. The topological polar surface area (TPSA) is 104 Å². The molecule has 0 saturated heterocycles. The summed E-state index contributed by atoms with van der Waals surface area (Å²) in [6.45, 7) is 3.26. The molecule has 2 aromatic carbocycles. The molecule has 0 radical (unpaired) electrons. The Labute approximate surface area is 175 Å². The Balaban J connectivity index is 1.63. The number of aromatic nitrogens is 2. The summed E-state index contributed by atoms with van der Waals surface area (Å²) in [4.78, 5) is 32.7. The predicted molar refractivity (Wildman–Crippen MR) is 108 cm³/mol. The van der Waals surface area contributed by atoms with Crippen molar-refractivity contribution in [3.63, 3.8) is 0 Å². The summed E-state index contributed by atoms with van der Waals surface area (Å²) in [6, 6.07) is 7.00. The molecular weight excluding hydrogens is 411 g/mol. The van der Waals surface area contributed by atoms with E-state index < -0.39 is 23.6 Å². The number of anilines is 1. The number of carbonyl (C=O) groups excluding carboxylic acids is 2. The van der Waals surface area contributed by atoms with Crippen LogP contribution in [0.2, 0.25) is 0 Å². The quantitative estimate of drug-likeness (QED) is 0.590. The van der Waals surface area contributed by atoms with Gasteiger partial charge in [0.05, 0.1) is 35.2 Å². The normalized spacial score (nSPS) is 16.8. The number of alkyl halides is 3. The Hall–Kier alpha value is -3.40. The first-order valence-electron chi connectivity index (χ1n) is 9.61. The molecule has 162 valence electrons. The molecule has 0 aliphatic carbocycles. The largest absolute Gasteiger partial charge is 0.416 e. The lowest BCUT2D eigenvalue weighted by Crippen LogP contribution is -2.38. The van der Waals surface area contributed by atoms with Crippen molar-refractivity contribution in [1.82, 2.24) is 14.9 Å². The number of primary amides is 1. The standard InChI is InChI=1S/C21H20F3N5O2/c1-11-7-29(9-18(25)30)8-13-4-12(2-3-15(11)13)20(31)28-17-6-14(21(22,23)24)5-16-19(17)27-10-26-16/h2-6,10-11H,7-9H2,1H3,(H2,25,30)(H,26,27)(H,28,31). The van der Waals surface area contributed by atoms with Gasteiger partial charge >= 0.3 is 6.18 Å². The Morgan fingerprint density at radius 1 is 1.29 bits per heavy atom. The number of hydrogen-bond donors (Lipinski definition) is 3. The van der Waals surface area contributed by atoms with Crippen LogP contribution in [0.15, 0.2) is 36.7 Å². The summed E-state index contributed by atoms with van der Waals surface area (Å²) in [5.74, 6) is -0.830. The second kappa shape index (κ2) is 7.69. The number of aromatic amines is 1. The number of nitrogens with zero attached hydrogens (tertiary/aromatic N) is 2. The van der Waals surface area contributed by atoms with Crippen molar-refractivity contribution in [1.29, 1.82) is 0 Å². The molecule has 10 heteroatoms. The third kappa shape index (κ3) is 4.24. The van der Waals surface area contributed by atoms with Gasteiger partial charge in [0.25, 0.3) is 5.91 Å². The molecule has 3 aromatic rings. The highest BCUT2D eigenvalue weighted by Gasteiger charge is 2.32. The van der Waals surface area contributed by atoms with Gasteiger partial charge in [-0.25, -0.2) is 4.98 Å². The van der Waals surface area contributed by atoms with E-state index in [4.69, 9.17) is 5.73 Å². The van der Waals surface area contributed by atoms with Crippen LogP contribution < -0.4 is 11.1 Å². The Morgan fingerprint density at radius 2 is 2.06 bits per heavy atom. The maximum Gasteiger partial charge on any atom is 0.416 e. The third-order valence-electron chi connectivity index (χ3n) is 5.35. The van der Waals surface area contributed by atoms with E-state index in [9.17, 15) is 22.8 Å².